The minimum atomic E-state index is -0.443. The second-order valence-electron chi connectivity index (χ2n) is 14.6. The Balaban J connectivity index is 1.29. The van der Waals surface area contributed by atoms with Gasteiger partial charge in [0.25, 0.3) is 5.91 Å². The van der Waals surface area contributed by atoms with E-state index in [4.69, 9.17) is 39.8 Å². The molecule has 1 saturated heterocycles. The number of amides is 2. The molecule has 3 heterocycles. The van der Waals surface area contributed by atoms with Crippen LogP contribution in [0, 0.1) is 5.41 Å². The van der Waals surface area contributed by atoms with Crippen molar-refractivity contribution in [2.24, 2.45) is 5.41 Å². The van der Waals surface area contributed by atoms with E-state index in [0.29, 0.717) is 43.2 Å². The topological polar surface area (TPSA) is 95.1 Å². The molecule has 0 spiro atoms. The van der Waals surface area contributed by atoms with Gasteiger partial charge in [-0.1, -0.05) is 110 Å². The number of rotatable bonds is 8. The fourth-order valence-electron chi connectivity index (χ4n) is 6.99. The van der Waals surface area contributed by atoms with E-state index in [1.165, 1.54) is 0 Å². The van der Waals surface area contributed by atoms with E-state index in [2.05, 4.69) is 32.0 Å². The molecule has 0 aliphatic carbocycles. The van der Waals surface area contributed by atoms with Gasteiger partial charge in [0, 0.05) is 61.6 Å². The van der Waals surface area contributed by atoms with E-state index in [-0.39, 0.29) is 23.9 Å². The van der Waals surface area contributed by atoms with Gasteiger partial charge in [-0.3, -0.25) is 9.59 Å². The van der Waals surface area contributed by atoms with Crippen LogP contribution in [0.4, 0.5) is 11.4 Å². The molecule has 1 atom stereocenters. The molecular formula is C42H41Cl3N6O2. The molecule has 3 N–H and O–H groups in total. The van der Waals surface area contributed by atoms with Crippen LogP contribution in [-0.4, -0.2) is 45.5 Å². The zero-order valence-corrected chi connectivity index (χ0v) is 32.3. The summed E-state index contributed by atoms with van der Waals surface area (Å²) in [6, 6.07) is 28.7. The summed E-state index contributed by atoms with van der Waals surface area (Å²) in [5, 5.41) is 8.90. The van der Waals surface area contributed by atoms with Gasteiger partial charge in [0.1, 0.15) is 5.69 Å². The molecule has 6 aromatic rings. The first-order chi connectivity index (χ1) is 25.4. The Morgan fingerprint density at radius 2 is 1.57 bits per heavy atom. The second-order valence-corrected chi connectivity index (χ2v) is 15.9. The molecule has 1 fully saturated rings. The van der Waals surface area contributed by atoms with Crippen molar-refractivity contribution >= 4 is 68.9 Å². The van der Waals surface area contributed by atoms with Crippen molar-refractivity contribution in [1.82, 2.24) is 19.9 Å². The quantitative estimate of drug-likeness (QED) is 0.144. The monoisotopic (exact) mass is 766 g/mol. The number of fused-ring (bicyclic) bond motifs is 1. The number of carbonyl (C=O) groups is 2. The Hall–Kier alpha value is -4.76. The van der Waals surface area contributed by atoms with Crippen molar-refractivity contribution in [3.8, 4) is 22.5 Å². The van der Waals surface area contributed by atoms with Crippen LogP contribution in [0.25, 0.3) is 33.4 Å². The number of hydrogen-bond acceptors (Lipinski definition) is 4. The van der Waals surface area contributed by atoms with Crippen molar-refractivity contribution in [3.05, 3.63) is 124 Å². The highest BCUT2D eigenvalue weighted by Gasteiger charge is 2.30. The molecule has 2 aromatic heterocycles. The summed E-state index contributed by atoms with van der Waals surface area (Å²) < 4.78 is 2.06. The van der Waals surface area contributed by atoms with Crippen LogP contribution in [0.15, 0.2) is 97.3 Å². The summed E-state index contributed by atoms with van der Waals surface area (Å²) in [4.78, 5) is 38.0. The molecule has 1 aliphatic rings. The minimum absolute atomic E-state index is 0.0569. The summed E-state index contributed by atoms with van der Waals surface area (Å²) in [6.07, 6.45) is 3.41. The Bertz CT molecular complexity index is 2300. The minimum Gasteiger partial charge on any atom is -0.370 e. The molecule has 0 bridgehead atoms. The number of nitrogens with one attached hydrogen (secondary N) is 3. The van der Waals surface area contributed by atoms with Gasteiger partial charge in [0.05, 0.1) is 35.1 Å². The van der Waals surface area contributed by atoms with Crippen LogP contribution in [-0.2, 0) is 4.79 Å². The lowest BCUT2D eigenvalue weighted by Gasteiger charge is -2.36. The van der Waals surface area contributed by atoms with Crippen LogP contribution in [0.2, 0.25) is 15.1 Å². The van der Waals surface area contributed by atoms with Gasteiger partial charge in [-0.25, -0.2) is 4.98 Å². The normalized spacial score (nSPS) is 14.4. The fraction of sp³-hybridized carbons (Fsp3) is 0.262. The number of carbonyl (C=O) groups excluding carboxylic acids is 2. The highest BCUT2D eigenvalue weighted by atomic mass is 35.5. The first-order valence-electron chi connectivity index (χ1n) is 17.7. The molecule has 7 rings (SSSR count). The average molecular weight is 768 g/mol. The van der Waals surface area contributed by atoms with Gasteiger partial charge in [-0.05, 0) is 61.7 Å². The summed E-state index contributed by atoms with van der Waals surface area (Å²) in [7, 11) is 0. The van der Waals surface area contributed by atoms with Gasteiger partial charge >= 0.3 is 0 Å². The molecule has 0 saturated carbocycles. The second kappa shape index (κ2) is 14.9. The molecule has 53 heavy (non-hydrogen) atoms. The number of benzene rings is 4. The predicted octanol–water partition coefficient (Wildman–Crippen LogP) is 10.7. The average Bonchev–Trinajstić information content (AvgIpc) is 3.73. The lowest BCUT2D eigenvalue weighted by molar-refractivity contribution is -0.129. The first-order valence-corrected chi connectivity index (χ1v) is 18.9. The van der Waals surface area contributed by atoms with Crippen molar-refractivity contribution in [2.75, 3.05) is 23.3 Å². The molecular weight excluding hydrogens is 727 g/mol. The van der Waals surface area contributed by atoms with Crippen molar-refractivity contribution in [2.45, 2.75) is 52.6 Å². The van der Waals surface area contributed by atoms with E-state index in [0.717, 1.165) is 53.8 Å². The lowest BCUT2D eigenvalue weighted by Crippen LogP contribution is -2.47. The molecule has 4 aromatic carbocycles. The van der Waals surface area contributed by atoms with E-state index >= 15 is 0 Å². The van der Waals surface area contributed by atoms with Crippen LogP contribution < -0.4 is 15.5 Å². The Morgan fingerprint density at radius 3 is 2.28 bits per heavy atom. The maximum atomic E-state index is 14.7. The fourth-order valence-corrected chi connectivity index (χ4v) is 7.73. The predicted molar refractivity (Wildman–Crippen MR) is 217 cm³/mol. The van der Waals surface area contributed by atoms with Crippen molar-refractivity contribution in [1.29, 1.82) is 0 Å². The third-order valence-corrected chi connectivity index (χ3v) is 10.7. The number of H-pyrrole nitrogens is 1. The van der Waals surface area contributed by atoms with Crippen LogP contribution in [0.1, 0.15) is 62.6 Å². The van der Waals surface area contributed by atoms with Gasteiger partial charge in [0.15, 0.2) is 0 Å². The van der Waals surface area contributed by atoms with E-state index in [1.54, 1.807) is 12.4 Å². The van der Waals surface area contributed by atoms with Crippen molar-refractivity contribution in [3.63, 3.8) is 0 Å². The first kappa shape index (κ1) is 36.6. The zero-order valence-electron chi connectivity index (χ0n) is 30.0. The highest BCUT2D eigenvalue weighted by Crippen LogP contribution is 2.42. The number of piperidine rings is 1. The maximum Gasteiger partial charge on any atom is 0.272 e. The molecule has 272 valence electrons. The van der Waals surface area contributed by atoms with E-state index < -0.39 is 5.41 Å². The number of hydrogen-bond donors (Lipinski definition) is 3. The number of aromatic nitrogens is 3. The number of nitrogens with zero attached hydrogens (tertiary/aromatic N) is 3. The summed E-state index contributed by atoms with van der Waals surface area (Å²) in [5.41, 5.74) is 6.17. The number of imidazole rings is 1. The lowest BCUT2D eigenvalue weighted by atomic mass is 9.94. The molecule has 1 aliphatic heterocycles. The van der Waals surface area contributed by atoms with E-state index in [1.807, 2.05) is 106 Å². The third-order valence-electron chi connectivity index (χ3n) is 9.90. The van der Waals surface area contributed by atoms with Gasteiger partial charge in [-0.15, -0.1) is 0 Å². The molecule has 2 amide bonds. The number of anilines is 2. The van der Waals surface area contributed by atoms with Gasteiger partial charge < -0.3 is 25.1 Å². The van der Waals surface area contributed by atoms with Crippen LogP contribution in [0.5, 0.6) is 0 Å². The van der Waals surface area contributed by atoms with Crippen molar-refractivity contribution < 1.29 is 9.59 Å². The summed E-state index contributed by atoms with van der Waals surface area (Å²) >= 11 is 19.6. The SMILES string of the molecule is C[C@@H](c1ccc(Cl)cc1Cl)n1cnc(-c2ccccc2)c1-c1c(C(=O)Nc2ccccc2N2CCC(NC(=O)C(C)(C)C)CC2)[nH]c2cc(Cl)ccc12. The highest BCUT2D eigenvalue weighted by molar-refractivity contribution is 6.35. The molecule has 8 nitrogen and oxygen atoms in total. The van der Waals surface area contributed by atoms with E-state index in [9.17, 15) is 9.59 Å². The Morgan fingerprint density at radius 1 is 0.887 bits per heavy atom. The maximum absolute atomic E-state index is 14.7. The third kappa shape index (κ3) is 7.54. The zero-order chi connectivity index (χ0) is 37.4. The Kier molecular flexibility index (Phi) is 10.3. The smallest absolute Gasteiger partial charge is 0.272 e. The van der Waals surface area contributed by atoms with Gasteiger partial charge in [0.2, 0.25) is 5.91 Å². The largest absolute Gasteiger partial charge is 0.370 e. The molecule has 11 heteroatoms. The standard InChI is InChI=1S/C42H41Cl3N6O2/c1-25(30-16-14-27(43)22-32(30)45)51-24-46-37(26-10-6-5-7-11-26)39(51)36-31-17-15-28(44)23-34(31)48-38(36)40(52)49-33-12-8-9-13-35(33)50-20-18-29(19-21-50)47-41(53)42(2,3)4/h5-17,22-25,29,48H,18-21H2,1-4H3,(H,47,53)(H,49,52)/t25-/m0/s1. The van der Waals surface area contributed by atoms with Crippen LogP contribution >= 0.6 is 34.8 Å². The number of halogens is 3. The number of para-hydroxylation sites is 2. The van der Waals surface area contributed by atoms with Gasteiger partial charge in [-0.2, -0.15) is 0 Å². The summed E-state index contributed by atoms with van der Waals surface area (Å²) in [5.74, 6) is -0.252. The summed E-state index contributed by atoms with van der Waals surface area (Å²) in [6.45, 7) is 9.31. The van der Waals surface area contributed by atoms with Crippen LogP contribution in [0.3, 0.4) is 0 Å². The molecule has 0 unspecified atom stereocenters. The molecule has 0 radical (unpaired) electrons. The Labute approximate surface area is 324 Å². The number of aromatic amines is 1.